The second-order valence-corrected chi connectivity index (χ2v) is 6.15. The average Bonchev–Trinajstić information content (AvgIpc) is 2.52. The van der Waals surface area contributed by atoms with Crippen LogP contribution in [-0.4, -0.2) is 16.0 Å². The second kappa shape index (κ2) is 8.49. The average molecular weight is 313 g/mol. The number of Topliss-reactive ketones (excluding diaryl/α,β-unsaturated/α-hetero) is 1. The van der Waals surface area contributed by atoms with Crippen LogP contribution >= 0.6 is 12.6 Å². The van der Waals surface area contributed by atoms with E-state index in [1.54, 1.807) is 6.20 Å². The van der Waals surface area contributed by atoms with Crippen LogP contribution in [0.2, 0.25) is 0 Å². The molecular weight excluding hydrogens is 292 g/mol. The van der Waals surface area contributed by atoms with E-state index in [-0.39, 0.29) is 5.78 Å². The SMILES string of the molecule is CC(S)CCC=Cc1c[n+](CC(=O)c2ccccc2)ccn1. The molecule has 0 radical (unpaired) electrons. The van der Waals surface area contributed by atoms with Crippen LogP contribution in [0, 0.1) is 0 Å². The van der Waals surface area contributed by atoms with Gasteiger partial charge in [-0.25, -0.2) is 4.98 Å². The first kappa shape index (κ1) is 16.4. The molecule has 3 nitrogen and oxygen atoms in total. The van der Waals surface area contributed by atoms with Crippen molar-refractivity contribution in [1.82, 2.24) is 4.98 Å². The largest absolute Gasteiger partial charge is 0.287 e. The van der Waals surface area contributed by atoms with Gasteiger partial charge in [0.25, 0.3) is 0 Å². The highest BCUT2D eigenvalue weighted by atomic mass is 32.1. The molecule has 0 aliphatic heterocycles. The number of nitrogens with zero attached hydrogens (tertiary/aromatic N) is 2. The maximum atomic E-state index is 12.2. The summed E-state index contributed by atoms with van der Waals surface area (Å²) in [4.78, 5) is 16.5. The van der Waals surface area contributed by atoms with Crippen LogP contribution in [0.5, 0.6) is 0 Å². The van der Waals surface area contributed by atoms with Crippen molar-refractivity contribution in [3.63, 3.8) is 0 Å². The molecule has 1 aromatic carbocycles. The number of thiol groups is 1. The van der Waals surface area contributed by atoms with Crippen LogP contribution in [0.25, 0.3) is 6.08 Å². The summed E-state index contributed by atoms with van der Waals surface area (Å²) >= 11 is 4.36. The number of allylic oxidation sites excluding steroid dienone is 1. The minimum Gasteiger partial charge on any atom is -0.287 e. The van der Waals surface area contributed by atoms with E-state index >= 15 is 0 Å². The van der Waals surface area contributed by atoms with Gasteiger partial charge in [-0.2, -0.15) is 17.2 Å². The molecule has 0 saturated heterocycles. The number of rotatable bonds is 7. The van der Waals surface area contributed by atoms with E-state index < -0.39 is 0 Å². The Morgan fingerprint density at radius 3 is 2.86 bits per heavy atom. The van der Waals surface area contributed by atoms with Crippen molar-refractivity contribution in [3.8, 4) is 0 Å². The standard InChI is InChI=1S/C18H20N2OS/c1-15(22)7-5-6-10-17-13-20(12-11-19-17)14-18(21)16-8-3-2-4-9-16/h2-4,6,8-13,15H,5,7,14H2,1H3/p+1. The summed E-state index contributed by atoms with van der Waals surface area (Å²) in [6.45, 7) is 2.40. The fourth-order valence-electron chi connectivity index (χ4n) is 2.06. The van der Waals surface area contributed by atoms with E-state index in [2.05, 4.69) is 30.6 Å². The molecule has 22 heavy (non-hydrogen) atoms. The van der Waals surface area contributed by atoms with E-state index in [0.717, 1.165) is 24.1 Å². The van der Waals surface area contributed by atoms with Crippen LogP contribution in [-0.2, 0) is 6.54 Å². The number of carbonyl (C=O) groups is 1. The van der Waals surface area contributed by atoms with E-state index in [9.17, 15) is 4.79 Å². The molecule has 0 bridgehead atoms. The summed E-state index contributed by atoms with van der Waals surface area (Å²) < 4.78 is 1.86. The van der Waals surface area contributed by atoms with Crippen molar-refractivity contribution >= 4 is 24.5 Å². The molecule has 1 heterocycles. The molecule has 0 N–H and O–H groups in total. The Morgan fingerprint density at radius 2 is 2.14 bits per heavy atom. The minimum atomic E-state index is 0.0932. The summed E-state index contributed by atoms with van der Waals surface area (Å²) in [6.07, 6.45) is 11.5. The van der Waals surface area contributed by atoms with Crippen molar-refractivity contribution in [3.05, 3.63) is 66.3 Å². The zero-order valence-corrected chi connectivity index (χ0v) is 13.6. The Labute approximate surface area is 137 Å². The molecule has 1 atom stereocenters. The third kappa shape index (κ3) is 5.45. The Bertz CT molecular complexity index is 639. The van der Waals surface area contributed by atoms with Crippen molar-refractivity contribution < 1.29 is 9.36 Å². The third-order valence-corrected chi connectivity index (χ3v) is 3.50. The molecule has 2 rings (SSSR count). The van der Waals surface area contributed by atoms with Gasteiger partial charge in [0.1, 0.15) is 5.69 Å². The van der Waals surface area contributed by atoms with Gasteiger partial charge in [0.05, 0.1) is 6.20 Å². The van der Waals surface area contributed by atoms with Crippen molar-refractivity contribution in [2.45, 2.75) is 31.6 Å². The highest BCUT2D eigenvalue weighted by Crippen LogP contribution is 2.05. The number of ketones is 1. The molecule has 1 unspecified atom stereocenters. The lowest BCUT2D eigenvalue weighted by Gasteiger charge is -1.99. The lowest BCUT2D eigenvalue weighted by Crippen LogP contribution is -2.37. The van der Waals surface area contributed by atoms with Crippen LogP contribution in [0.4, 0.5) is 0 Å². The summed E-state index contributed by atoms with van der Waals surface area (Å²) in [5, 5.41) is 0.404. The highest BCUT2D eigenvalue weighted by Gasteiger charge is 2.11. The fourth-order valence-corrected chi connectivity index (χ4v) is 2.21. The smallest absolute Gasteiger partial charge is 0.227 e. The van der Waals surface area contributed by atoms with Crippen molar-refractivity contribution in [2.75, 3.05) is 0 Å². The number of hydrogen-bond donors (Lipinski definition) is 1. The van der Waals surface area contributed by atoms with Crippen molar-refractivity contribution in [2.24, 2.45) is 0 Å². The van der Waals surface area contributed by atoms with Gasteiger partial charge < -0.3 is 0 Å². The zero-order chi connectivity index (χ0) is 15.8. The number of aromatic nitrogens is 2. The van der Waals surface area contributed by atoms with Gasteiger partial charge in [-0.05, 0) is 24.2 Å². The van der Waals surface area contributed by atoms with E-state index in [1.165, 1.54) is 0 Å². The Morgan fingerprint density at radius 1 is 1.36 bits per heavy atom. The van der Waals surface area contributed by atoms with Crippen LogP contribution in [0.15, 0.2) is 55.0 Å². The molecule has 1 aromatic heterocycles. The van der Waals surface area contributed by atoms with Gasteiger partial charge >= 0.3 is 0 Å². The van der Waals surface area contributed by atoms with Crippen LogP contribution in [0.1, 0.15) is 35.8 Å². The molecule has 2 aromatic rings. The zero-order valence-electron chi connectivity index (χ0n) is 12.7. The lowest BCUT2D eigenvalue weighted by atomic mass is 10.1. The van der Waals surface area contributed by atoms with Gasteiger partial charge in [0.15, 0.2) is 12.4 Å². The molecule has 0 spiro atoms. The molecular formula is C18H21N2OS+. The monoisotopic (exact) mass is 313 g/mol. The normalized spacial score (nSPS) is 12.5. The number of hydrogen-bond acceptors (Lipinski definition) is 3. The van der Waals surface area contributed by atoms with Gasteiger partial charge in [-0.1, -0.05) is 43.3 Å². The summed E-state index contributed by atoms with van der Waals surface area (Å²) in [7, 11) is 0. The number of benzene rings is 1. The van der Waals surface area contributed by atoms with E-state index in [0.29, 0.717) is 11.8 Å². The third-order valence-electron chi connectivity index (χ3n) is 3.24. The van der Waals surface area contributed by atoms with Gasteiger partial charge in [-0.15, -0.1) is 0 Å². The fraction of sp³-hybridized carbons (Fsp3) is 0.278. The molecule has 0 saturated carbocycles. The van der Waals surface area contributed by atoms with Gasteiger partial charge in [0.2, 0.25) is 12.3 Å². The first-order valence-corrected chi connectivity index (χ1v) is 7.95. The Balaban J connectivity index is 1.98. The Kier molecular flexibility index (Phi) is 6.34. The molecule has 0 aliphatic carbocycles. The number of carbonyl (C=O) groups excluding carboxylic acids is 1. The first-order valence-electron chi connectivity index (χ1n) is 7.43. The summed E-state index contributed by atoms with van der Waals surface area (Å²) in [5.41, 5.74) is 1.59. The van der Waals surface area contributed by atoms with E-state index in [1.807, 2.05) is 53.4 Å². The van der Waals surface area contributed by atoms with E-state index in [4.69, 9.17) is 0 Å². The maximum Gasteiger partial charge on any atom is 0.227 e. The molecule has 114 valence electrons. The molecule has 0 aliphatic rings. The van der Waals surface area contributed by atoms with Crippen LogP contribution < -0.4 is 4.57 Å². The van der Waals surface area contributed by atoms with Gasteiger partial charge in [0, 0.05) is 5.56 Å². The lowest BCUT2D eigenvalue weighted by molar-refractivity contribution is -0.683. The molecule has 0 fully saturated rings. The highest BCUT2D eigenvalue weighted by molar-refractivity contribution is 7.80. The topological polar surface area (TPSA) is 33.8 Å². The van der Waals surface area contributed by atoms with Crippen molar-refractivity contribution in [1.29, 1.82) is 0 Å². The van der Waals surface area contributed by atoms with Gasteiger partial charge in [-0.3, -0.25) is 4.79 Å². The second-order valence-electron chi connectivity index (χ2n) is 5.27. The minimum absolute atomic E-state index is 0.0932. The predicted octanol–water partition coefficient (Wildman–Crippen LogP) is 3.36. The first-order chi connectivity index (χ1) is 10.6. The quantitative estimate of drug-likeness (QED) is 0.483. The van der Waals surface area contributed by atoms with Crippen LogP contribution in [0.3, 0.4) is 0 Å². The molecule has 4 heteroatoms. The predicted molar refractivity (Wildman–Crippen MR) is 91.9 cm³/mol. The Hall–Kier alpha value is -1.94. The molecule has 0 amide bonds. The summed E-state index contributed by atoms with van der Waals surface area (Å²) in [5.74, 6) is 0.0932. The summed E-state index contributed by atoms with van der Waals surface area (Å²) in [6, 6.07) is 9.33. The maximum absolute atomic E-state index is 12.2.